The number of ether oxygens (including phenoxy) is 3. The summed E-state index contributed by atoms with van der Waals surface area (Å²) < 4.78 is 23.4. The van der Waals surface area contributed by atoms with Crippen LogP contribution in [-0.2, 0) is 30.3 Å². The van der Waals surface area contributed by atoms with Crippen molar-refractivity contribution >= 4 is 42.0 Å². The topological polar surface area (TPSA) is 134 Å². The first kappa shape index (κ1) is 35.5. The Morgan fingerprint density at radius 3 is 1.80 bits per heavy atom. The highest BCUT2D eigenvalue weighted by Gasteiger charge is 2.52. The van der Waals surface area contributed by atoms with Crippen molar-refractivity contribution in [2.75, 3.05) is 12.4 Å². The third-order valence-electron chi connectivity index (χ3n) is 8.42. The number of fused-ring (bicyclic) bond motifs is 1. The number of carbonyl (C=O) groups excluding carboxylic acids is 3. The largest absolute Gasteiger partial charge is 0.471 e. The second-order valence-corrected chi connectivity index (χ2v) is 12.9. The van der Waals surface area contributed by atoms with E-state index in [0.29, 0.717) is 11.3 Å². The highest BCUT2D eigenvalue weighted by atomic mass is 35.5. The molecule has 2 atom stereocenters. The molecular formula is C39H34ClN3O7S. The maximum Gasteiger partial charge on any atom is 0.356 e. The molecule has 10 nitrogen and oxygen atoms in total. The lowest BCUT2D eigenvalue weighted by Gasteiger charge is -2.48. The van der Waals surface area contributed by atoms with Crippen LogP contribution in [0.25, 0.3) is 0 Å². The van der Waals surface area contributed by atoms with Gasteiger partial charge in [-0.15, -0.1) is 24.2 Å². The molecular weight excluding hydrogens is 690 g/mol. The van der Waals surface area contributed by atoms with E-state index in [1.54, 1.807) is 0 Å². The van der Waals surface area contributed by atoms with E-state index in [2.05, 4.69) is 5.16 Å². The summed E-state index contributed by atoms with van der Waals surface area (Å²) in [6.45, 7) is -0.0784. The van der Waals surface area contributed by atoms with Crippen LogP contribution in [-0.4, -0.2) is 51.7 Å². The highest BCUT2D eigenvalue weighted by molar-refractivity contribution is 8.00. The number of β-lactam (4-membered cyclic amide) rings is 1. The minimum absolute atomic E-state index is 0. The quantitative estimate of drug-likeness (QED) is 0.118. The van der Waals surface area contributed by atoms with Crippen molar-refractivity contribution in [2.24, 2.45) is 5.73 Å². The second kappa shape index (κ2) is 16.1. The van der Waals surface area contributed by atoms with Gasteiger partial charge in [0.2, 0.25) is 5.91 Å². The third kappa shape index (κ3) is 7.86. The maximum absolute atomic E-state index is 14.0. The zero-order valence-corrected chi connectivity index (χ0v) is 28.8. The van der Waals surface area contributed by atoms with Crippen molar-refractivity contribution in [3.8, 4) is 5.88 Å². The molecule has 0 bridgehead atoms. The van der Waals surface area contributed by atoms with Gasteiger partial charge in [0.25, 0.3) is 5.88 Å². The summed E-state index contributed by atoms with van der Waals surface area (Å²) in [5, 5.41) is 3.58. The van der Waals surface area contributed by atoms with Gasteiger partial charge in [-0.25, -0.2) is 4.79 Å². The molecule has 51 heavy (non-hydrogen) atoms. The van der Waals surface area contributed by atoms with Gasteiger partial charge in [0.15, 0.2) is 18.0 Å². The van der Waals surface area contributed by atoms with E-state index in [0.717, 1.165) is 22.3 Å². The van der Waals surface area contributed by atoms with Crippen LogP contribution >= 0.6 is 24.2 Å². The predicted molar refractivity (Wildman–Crippen MR) is 193 cm³/mol. The Labute approximate surface area is 305 Å². The average molecular weight is 724 g/mol. The molecule has 5 aromatic rings. The van der Waals surface area contributed by atoms with Crippen molar-refractivity contribution < 1.29 is 33.1 Å². The Morgan fingerprint density at radius 2 is 1.29 bits per heavy atom. The number of nitrogens with two attached hydrogens (primary N) is 1. The number of hydrogen-bond acceptors (Lipinski definition) is 10. The molecule has 0 spiro atoms. The van der Waals surface area contributed by atoms with Crippen LogP contribution in [0, 0.1) is 0 Å². The summed E-state index contributed by atoms with van der Waals surface area (Å²) in [7, 11) is 0. The summed E-state index contributed by atoms with van der Waals surface area (Å²) in [5.74, 6) is -0.802. The Kier molecular flexibility index (Phi) is 11.2. The number of aromatic nitrogens is 1. The molecule has 3 heterocycles. The minimum Gasteiger partial charge on any atom is -0.471 e. The van der Waals surface area contributed by atoms with E-state index in [-0.39, 0.29) is 54.1 Å². The SMILES string of the molecule is Cl.NC1C(=O)N2C(C(=O)OC(c3ccccc3)c3ccccc3)=C(COc3cc(CC(=O)OC(c4ccccc4)c4ccccc4)on3)CS[C@H]12. The van der Waals surface area contributed by atoms with E-state index in [9.17, 15) is 14.4 Å². The first-order valence-corrected chi connectivity index (χ1v) is 17.1. The van der Waals surface area contributed by atoms with Crippen molar-refractivity contribution in [1.29, 1.82) is 0 Å². The molecule has 0 aliphatic carbocycles. The number of halogens is 1. The molecule has 1 amide bonds. The number of rotatable bonds is 12. The van der Waals surface area contributed by atoms with Crippen molar-refractivity contribution in [2.45, 2.75) is 30.0 Å². The number of benzene rings is 4. The van der Waals surface area contributed by atoms with Crippen molar-refractivity contribution in [3.05, 3.63) is 167 Å². The first-order valence-electron chi connectivity index (χ1n) is 16.1. The van der Waals surface area contributed by atoms with Crippen LogP contribution in [0.2, 0.25) is 0 Å². The minimum atomic E-state index is -0.717. The molecule has 2 aliphatic heterocycles. The monoisotopic (exact) mass is 723 g/mol. The van der Waals surface area contributed by atoms with Gasteiger partial charge >= 0.3 is 11.9 Å². The van der Waals surface area contributed by atoms with Gasteiger partial charge in [-0.2, -0.15) is 0 Å². The lowest BCUT2D eigenvalue weighted by molar-refractivity contribution is -0.153. The van der Waals surface area contributed by atoms with Gasteiger partial charge in [0, 0.05) is 17.4 Å². The fourth-order valence-corrected chi connectivity index (χ4v) is 7.21. The maximum atomic E-state index is 14.0. The predicted octanol–water partition coefficient (Wildman–Crippen LogP) is 6.18. The lowest BCUT2D eigenvalue weighted by atomic mass is 10.0. The number of nitrogens with zero attached hydrogens (tertiary/aromatic N) is 2. The molecule has 4 aromatic carbocycles. The van der Waals surface area contributed by atoms with E-state index in [4.69, 9.17) is 24.5 Å². The third-order valence-corrected chi connectivity index (χ3v) is 9.78. The van der Waals surface area contributed by atoms with E-state index in [1.807, 2.05) is 121 Å². The lowest BCUT2D eigenvalue weighted by Crippen LogP contribution is -2.68. The Hall–Kier alpha value is -5.36. The molecule has 7 rings (SSSR count). The van der Waals surface area contributed by atoms with Crippen LogP contribution in [0.4, 0.5) is 0 Å². The number of amides is 1. The second-order valence-electron chi connectivity index (χ2n) is 11.8. The molecule has 12 heteroatoms. The molecule has 0 radical (unpaired) electrons. The fourth-order valence-electron chi connectivity index (χ4n) is 5.93. The normalized spacial score (nSPS) is 16.6. The smallest absolute Gasteiger partial charge is 0.356 e. The zero-order chi connectivity index (χ0) is 34.5. The van der Waals surface area contributed by atoms with Gasteiger partial charge in [-0.3, -0.25) is 14.5 Å². The molecule has 2 aliphatic rings. The van der Waals surface area contributed by atoms with Crippen molar-refractivity contribution in [3.63, 3.8) is 0 Å². The van der Waals surface area contributed by atoms with Crippen LogP contribution in [0.5, 0.6) is 5.88 Å². The average Bonchev–Trinajstić information content (AvgIpc) is 3.62. The molecule has 1 aromatic heterocycles. The fraction of sp³-hybridized carbons (Fsp3) is 0.179. The zero-order valence-electron chi connectivity index (χ0n) is 27.2. The summed E-state index contributed by atoms with van der Waals surface area (Å²) >= 11 is 1.45. The summed E-state index contributed by atoms with van der Waals surface area (Å²) in [6, 6.07) is 38.6. The molecule has 260 valence electrons. The van der Waals surface area contributed by atoms with Crippen LogP contribution in [0.15, 0.2) is 143 Å². The standard InChI is InChI=1S/C39H33N3O7S.ClH/c40-33-37(44)42-34(39(45)48-36(27-17-9-3-10-18-27)28-19-11-4-12-20-28)29(24-50-38(33)42)23-46-31-21-30(49-41-31)22-32(43)47-35(25-13-5-1-6-14-25)26-15-7-2-8-16-26;/h1-21,33,35-36,38H,22-24,40H2;1H/t33?,38-;/m1./s1. The van der Waals surface area contributed by atoms with Crippen molar-refractivity contribution in [1.82, 2.24) is 10.1 Å². The van der Waals surface area contributed by atoms with Gasteiger partial charge in [0.1, 0.15) is 30.1 Å². The molecule has 2 N–H and O–H groups in total. The number of thioether (sulfide) groups is 1. The number of hydrogen-bond donors (Lipinski definition) is 1. The number of esters is 2. The van der Waals surface area contributed by atoms with Gasteiger partial charge < -0.3 is 24.5 Å². The van der Waals surface area contributed by atoms with E-state index >= 15 is 0 Å². The molecule has 1 fully saturated rings. The molecule has 0 saturated carbocycles. The van der Waals surface area contributed by atoms with Gasteiger partial charge in [0.05, 0.1) is 0 Å². The van der Waals surface area contributed by atoms with Crippen LogP contribution in [0.3, 0.4) is 0 Å². The Morgan fingerprint density at radius 1 is 0.804 bits per heavy atom. The first-order chi connectivity index (χ1) is 24.5. The summed E-state index contributed by atoms with van der Waals surface area (Å²) in [5.41, 5.74) is 9.98. The van der Waals surface area contributed by atoms with E-state index in [1.165, 1.54) is 22.7 Å². The Balaban J connectivity index is 0.00000448. The van der Waals surface area contributed by atoms with Crippen LogP contribution in [0.1, 0.15) is 40.2 Å². The van der Waals surface area contributed by atoms with Crippen LogP contribution < -0.4 is 10.5 Å². The van der Waals surface area contributed by atoms with Gasteiger partial charge in [-0.1, -0.05) is 121 Å². The molecule has 1 unspecified atom stereocenters. The van der Waals surface area contributed by atoms with E-state index < -0.39 is 30.2 Å². The summed E-state index contributed by atoms with van der Waals surface area (Å²) in [4.78, 5) is 41.4. The Bertz CT molecular complexity index is 1920. The molecule has 1 saturated heterocycles. The van der Waals surface area contributed by atoms with Gasteiger partial charge in [-0.05, 0) is 27.4 Å². The summed E-state index contributed by atoms with van der Waals surface area (Å²) in [6.07, 6.45) is -1.48. The highest BCUT2D eigenvalue weighted by Crippen LogP contribution is 2.41. The number of carbonyl (C=O) groups is 3.